The molecule has 0 saturated carbocycles. The number of carbonyl (C=O) groups is 1. The number of likely N-dealkylation sites (N-methyl/N-ethyl adjacent to an activating group) is 1. The predicted molar refractivity (Wildman–Crippen MR) is 129 cm³/mol. The molecule has 37 heavy (non-hydrogen) atoms. The number of aromatic nitrogens is 2. The summed E-state index contributed by atoms with van der Waals surface area (Å²) < 4.78 is 69.6. The molecule has 4 rings (SSSR count). The summed E-state index contributed by atoms with van der Waals surface area (Å²) in [6, 6.07) is 9.82. The third kappa shape index (κ3) is 5.25. The van der Waals surface area contributed by atoms with E-state index in [1.54, 1.807) is 7.05 Å². The first-order valence-electron chi connectivity index (χ1n) is 12.2. The van der Waals surface area contributed by atoms with Gasteiger partial charge in [0.05, 0.1) is 5.69 Å². The molecule has 2 atom stereocenters. The fourth-order valence-electron chi connectivity index (χ4n) is 5.39. The van der Waals surface area contributed by atoms with Crippen LogP contribution in [0.5, 0.6) is 0 Å². The number of hydrogen-bond donors (Lipinski definition) is 1. The van der Waals surface area contributed by atoms with Crippen molar-refractivity contribution in [2.45, 2.75) is 57.9 Å². The van der Waals surface area contributed by atoms with E-state index in [-0.39, 0.29) is 23.9 Å². The zero-order valence-corrected chi connectivity index (χ0v) is 20.9. The topological polar surface area (TPSA) is 50.2 Å². The lowest BCUT2D eigenvalue weighted by atomic mass is 9.88. The molecule has 1 aliphatic heterocycles. The van der Waals surface area contributed by atoms with Gasteiger partial charge in [0.2, 0.25) is 5.91 Å². The predicted octanol–water partition coefficient (Wildman–Crippen LogP) is 5.53. The number of fused-ring (bicyclic) bond motifs is 1. The largest absolute Gasteiger partial charge is 0.422 e. The summed E-state index contributed by atoms with van der Waals surface area (Å²) in [6.45, 7) is 5.07. The standard InChI is InChI=1S/C27H29F5N4O/c1-4-36-22-12-13-35(25(26(37)33-3)18-8-6-5-7-9-18)21(23(22)16(2)34-36)11-10-17-14-19(28)24(20(29)15-17)27(30,31)32/h5-9,14-15,21,25H,4,10-13H2,1-3H3,(H,33,37)/t21-,25+/m0/s1. The van der Waals surface area contributed by atoms with Crippen molar-refractivity contribution < 1.29 is 26.7 Å². The van der Waals surface area contributed by atoms with E-state index in [1.807, 2.05) is 48.9 Å². The summed E-state index contributed by atoms with van der Waals surface area (Å²) in [6.07, 6.45) is -4.03. The molecule has 1 N–H and O–H groups in total. The van der Waals surface area contributed by atoms with E-state index >= 15 is 0 Å². The highest BCUT2D eigenvalue weighted by atomic mass is 19.4. The molecule has 5 nitrogen and oxygen atoms in total. The van der Waals surface area contributed by atoms with Crippen LogP contribution in [0.1, 0.15) is 59.1 Å². The summed E-state index contributed by atoms with van der Waals surface area (Å²) in [4.78, 5) is 15.2. The van der Waals surface area contributed by atoms with Crippen molar-refractivity contribution in [3.63, 3.8) is 0 Å². The number of nitrogens with one attached hydrogen (secondary N) is 1. The molecule has 0 saturated heterocycles. The number of halogens is 5. The SMILES string of the molecule is CCn1nc(C)c2c1CCN([C@@H](C(=O)NC)c1ccccc1)[C@H]2CCc1cc(F)c(C(F)(F)F)c(F)c1. The van der Waals surface area contributed by atoms with Crippen LogP contribution in [0, 0.1) is 18.6 Å². The Kier molecular flexibility index (Phi) is 7.68. The Morgan fingerprint density at radius 2 is 1.81 bits per heavy atom. The molecule has 0 spiro atoms. The third-order valence-electron chi connectivity index (χ3n) is 6.96. The first-order valence-corrected chi connectivity index (χ1v) is 12.2. The quantitative estimate of drug-likeness (QED) is 0.417. The normalized spacial score (nSPS) is 16.9. The lowest BCUT2D eigenvalue weighted by Gasteiger charge is -2.41. The number of alkyl halides is 3. The smallest absolute Gasteiger partial charge is 0.358 e. The van der Waals surface area contributed by atoms with Gasteiger partial charge in [-0.15, -0.1) is 0 Å². The van der Waals surface area contributed by atoms with Gasteiger partial charge in [0.1, 0.15) is 23.2 Å². The van der Waals surface area contributed by atoms with Gasteiger partial charge in [-0.25, -0.2) is 8.78 Å². The maximum Gasteiger partial charge on any atom is 0.422 e. The Balaban J connectivity index is 1.74. The molecule has 198 valence electrons. The van der Waals surface area contributed by atoms with Crippen LogP contribution in [0.25, 0.3) is 0 Å². The Hall–Kier alpha value is -3.27. The summed E-state index contributed by atoms with van der Waals surface area (Å²) in [7, 11) is 1.57. The number of rotatable bonds is 7. The van der Waals surface area contributed by atoms with Crippen LogP contribution in [-0.2, 0) is 30.4 Å². The molecule has 1 aliphatic rings. The molecule has 0 bridgehead atoms. The number of aryl methyl sites for hydroxylation is 3. The Labute approximate surface area is 212 Å². The number of hydrogen-bond acceptors (Lipinski definition) is 3. The number of amides is 1. The minimum Gasteiger partial charge on any atom is -0.358 e. The van der Waals surface area contributed by atoms with E-state index in [0.717, 1.165) is 34.6 Å². The van der Waals surface area contributed by atoms with Crippen LogP contribution >= 0.6 is 0 Å². The van der Waals surface area contributed by atoms with Crippen molar-refractivity contribution in [1.29, 1.82) is 0 Å². The van der Waals surface area contributed by atoms with E-state index in [2.05, 4.69) is 15.3 Å². The lowest BCUT2D eigenvalue weighted by Crippen LogP contribution is -2.45. The van der Waals surface area contributed by atoms with Crippen molar-refractivity contribution >= 4 is 5.91 Å². The van der Waals surface area contributed by atoms with Gasteiger partial charge >= 0.3 is 6.18 Å². The van der Waals surface area contributed by atoms with E-state index in [9.17, 15) is 26.7 Å². The van der Waals surface area contributed by atoms with Crippen LogP contribution in [0.4, 0.5) is 22.0 Å². The zero-order valence-electron chi connectivity index (χ0n) is 20.9. The van der Waals surface area contributed by atoms with Crippen molar-refractivity contribution in [3.05, 3.63) is 87.7 Å². The molecule has 1 aromatic heterocycles. The third-order valence-corrected chi connectivity index (χ3v) is 6.96. The molecule has 0 unspecified atom stereocenters. The van der Waals surface area contributed by atoms with Gasteiger partial charge in [-0.2, -0.15) is 18.3 Å². The second kappa shape index (κ2) is 10.6. The summed E-state index contributed by atoms with van der Waals surface area (Å²) in [5, 5.41) is 7.40. The monoisotopic (exact) mass is 520 g/mol. The Morgan fingerprint density at radius 1 is 1.16 bits per heavy atom. The molecule has 0 aliphatic carbocycles. The molecule has 3 aromatic rings. The van der Waals surface area contributed by atoms with Gasteiger partial charge in [-0.05, 0) is 49.9 Å². The van der Waals surface area contributed by atoms with Crippen LogP contribution < -0.4 is 5.32 Å². The number of nitrogens with zero attached hydrogens (tertiary/aromatic N) is 3. The molecular weight excluding hydrogens is 491 g/mol. The second-order valence-electron chi connectivity index (χ2n) is 9.16. The molecule has 10 heteroatoms. The average molecular weight is 521 g/mol. The Bertz CT molecular complexity index is 1250. The minimum atomic E-state index is -5.12. The molecule has 0 radical (unpaired) electrons. The number of benzene rings is 2. The van der Waals surface area contributed by atoms with E-state index in [0.29, 0.717) is 25.9 Å². The average Bonchev–Trinajstić information content (AvgIpc) is 3.18. The van der Waals surface area contributed by atoms with Crippen LogP contribution in [-0.4, -0.2) is 34.2 Å². The van der Waals surface area contributed by atoms with Crippen LogP contribution in [0.2, 0.25) is 0 Å². The van der Waals surface area contributed by atoms with Gasteiger partial charge in [0.25, 0.3) is 0 Å². The molecular formula is C27H29F5N4O. The van der Waals surface area contributed by atoms with Crippen molar-refractivity contribution in [2.24, 2.45) is 0 Å². The van der Waals surface area contributed by atoms with Gasteiger partial charge < -0.3 is 5.32 Å². The lowest BCUT2D eigenvalue weighted by molar-refractivity contribution is -0.142. The summed E-state index contributed by atoms with van der Waals surface area (Å²) in [5.41, 5.74) is 1.80. The summed E-state index contributed by atoms with van der Waals surface area (Å²) in [5.74, 6) is -3.47. The zero-order chi connectivity index (χ0) is 26.9. The maximum absolute atomic E-state index is 14.3. The fourth-order valence-corrected chi connectivity index (χ4v) is 5.39. The van der Waals surface area contributed by atoms with Gasteiger partial charge in [-0.1, -0.05) is 30.3 Å². The van der Waals surface area contributed by atoms with Crippen molar-refractivity contribution in [3.8, 4) is 0 Å². The Morgan fingerprint density at radius 3 is 2.38 bits per heavy atom. The highest BCUT2D eigenvalue weighted by Crippen LogP contribution is 2.41. The van der Waals surface area contributed by atoms with Crippen LogP contribution in [0.15, 0.2) is 42.5 Å². The van der Waals surface area contributed by atoms with E-state index < -0.39 is 29.4 Å². The van der Waals surface area contributed by atoms with Crippen molar-refractivity contribution in [1.82, 2.24) is 20.0 Å². The first kappa shape index (κ1) is 26.8. The highest BCUT2D eigenvalue weighted by molar-refractivity contribution is 5.83. The molecule has 2 heterocycles. The van der Waals surface area contributed by atoms with E-state index in [4.69, 9.17) is 0 Å². The molecule has 1 amide bonds. The summed E-state index contributed by atoms with van der Waals surface area (Å²) >= 11 is 0. The second-order valence-corrected chi connectivity index (χ2v) is 9.16. The van der Waals surface area contributed by atoms with E-state index in [1.165, 1.54) is 0 Å². The number of carbonyl (C=O) groups excluding carboxylic acids is 1. The highest BCUT2D eigenvalue weighted by Gasteiger charge is 2.40. The first-order chi connectivity index (χ1) is 17.6. The van der Waals surface area contributed by atoms with Gasteiger partial charge in [0.15, 0.2) is 0 Å². The minimum absolute atomic E-state index is 0.110. The maximum atomic E-state index is 14.3. The fraction of sp³-hybridized carbons (Fsp3) is 0.407. The van der Waals surface area contributed by atoms with Crippen molar-refractivity contribution in [2.75, 3.05) is 13.6 Å². The molecule has 0 fully saturated rings. The van der Waals surface area contributed by atoms with Gasteiger partial charge in [-0.3, -0.25) is 14.4 Å². The van der Waals surface area contributed by atoms with Gasteiger partial charge in [0, 0.05) is 43.9 Å². The van der Waals surface area contributed by atoms with Crippen LogP contribution in [0.3, 0.4) is 0 Å². The molecule has 2 aromatic carbocycles.